The maximum atomic E-state index is 7.38. The molecule has 0 fully saturated rings. The van der Waals surface area contributed by atoms with E-state index in [2.05, 4.69) is 13.8 Å². The quantitative estimate of drug-likeness (QED) is 0.473. The molecule has 0 heterocycles. The average Bonchev–Trinajstić information content (AvgIpc) is 2.31. The third-order valence-electron chi connectivity index (χ3n) is 3.48. The maximum absolute atomic E-state index is 7.38. The third kappa shape index (κ3) is 6.04. The van der Waals surface area contributed by atoms with Crippen LogP contribution < -0.4 is 0 Å². The summed E-state index contributed by atoms with van der Waals surface area (Å²) in [5, 5.41) is 14.6. The summed E-state index contributed by atoms with van der Waals surface area (Å²) in [4.78, 5) is 0. The summed E-state index contributed by atoms with van der Waals surface area (Å²) in [6.45, 7) is 4.46. The number of unbranched alkanes of at least 4 members (excludes halogenated alkanes) is 2. The topological polar surface area (TPSA) is 47.7 Å². The minimum Gasteiger partial charge on any atom is -0.313 e. The Morgan fingerprint density at radius 2 is 1.44 bits per heavy atom. The second-order valence-electron chi connectivity index (χ2n) is 4.86. The van der Waals surface area contributed by atoms with Crippen molar-refractivity contribution < 1.29 is 0 Å². The molecule has 2 nitrogen and oxygen atoms in total. The van der Waals surface area contributed by atoms with Crippen molar-refractivity contribution in [2.45, 2.75) is 71.6 Å². The summed E-state index contributed by atoms with van der Waals surface area (Å²) in [5.74, 6) is 0. The lowest BCUT2D eigenvalue weighted by molar-refractivity contribution is 0.221. The number of hydrogen-bond acceptors (Lipinski definition) is 2. The monoisotopic (exact) mass is 224 g/mol. The number of rotatable bonds is 11. The molecule has 16 heavy (non-hydrogen) atoms. The lowest BCUT2D eigenvalue weighted by Crippen LogP contribution is -2.22. The first kappa shape index (κ1) is 15.3. The SMILES string of the molecule is CCCCC(CC=N)(CCC=N)CCCC. The molecule has 0 bridgehead atoms. The van der Waals surface area contributed by atoms with Gasteiger partial charge in [-0.2, -0.15) is 0 Å². The van der Waals surface area contributed by atoms with E-state index in [1.165, 1.54) is 44.7 Å². The van der Waals surface area contributed by atoms with E-state index in [1.54, 1.807) is 6.21 Å². The van der Waals surface area contributed by atoms with Gasteiger partial charge in [-0.25, -0.2) is 0 Å². The summed E-state index contributed by atoms with van der Waals surface area (Å²) >= 11 is 0. The Morgan fingerprint density at radius 1 is 0.875 bits per heavy atom. The van der Waals surface area contributed by atoms with E-state index in [9.17, 15) is 0 Å². The van der Waals surface area contributed by atoms with Crippen molar-refractivity contribution in [3.8, 4) is 0 Å². The van der Waals surface area contributed by atoms with Gasteiger partial charge in [-0.3, -0.25) is 0 Å². The van der Waals surface area contributed by atoms with E-state index in [-0.39, 0.29) is 0 Å². The lowest BCUT2D eigenvalue weighted by Gasteiger charge is -2.32. The first-order valence-corrected chi connectivity index (χ1v) is 6.72. The fourth-order valence-electron chi connectivity index (χ4n) is 2.38. The van der Waals surface area contributed by atoms with Crippen molar-refractivity contribution >= 4 is 12.4 Å². The minimum absolute atomic E-state index is 0.311. The first-order chi connectivity index (χ1) is 7.74. The highest BCUT2D eigenvalue weighted by atomic mass is 14.4. The molecule has 0 spiro atoms. The van der Waals surface area contributed by atoms with Crippen LogP contribution in [0.3, 0.4) is 0 Å². The second-order valence-corrected chi connectivity index (χ2v) is 4.86. The number of nitrogens with one attached hydrogen (secondary N) is 2. The molecule has 0 saturated carbocycles. The first-order valence-electron chi connectivity index (χ1n) is 6.72. The van der Waals surface area contributed by atoms with E-state index in [0.717, 1.165) is 19.3 Å². The van der Waals surface area contributed by atoms with Gasteiger partial charge in [-0.15, -0.1) is 0 Å². The Morgan fingerprint density at radius 3 is 1.81 bits per heavy atom. The van der Waals surface area contributed by atoms with Gasteiger partial charge >= 0.3 is 0 Å². The Labute approximate surface area is 101 Å². The fourth-order valence-corrected chi connectivity index (χ4v) is 2.38. The molecule has 0 aliphatic heterocycles. The van der Waals surface area contributed by atoms with Crippen LogP contribution in [0, 0.1) is 16.2 Å². The molecular formula is C14H28N2. The molecule has 2 N–H and O–H groups in total. The normalized spacial score (nSPS) is 11.4. The van der Waals surface area contributed by atoms with Gasteiger partial charge in [0.2, 0.25) is 0 Å². The summed E-state index contributed by atoms with van der Waals surface area (Å²) < 4.78 is 0. The predicted octanol–water partition coefficient (Wildman–Crippen LogP) is 4.82. The molecule has 0 rings (SSSR count). The molecule has 0 aromatic carbocycles. The Kier molecular flexibility index (Phi) is 9.16. The van der Waals surface area contributed by atoms with Crippen molar-refractivity contribution in [3.05, 3.63) is 0 Å². The molecule has 94 valence electrons. The Bertz CT molecular complexity index is 179. The van der Waals surface area contributed by atoms with E-state index in [0.29, 0.717) is 5.41 Å². The van der Waals surface area contributed by atoms with Gasteiger partial charge in [0.15, 0.2) is 0 Å². The van der Waals surface area contributed by atoms with Gasteiger partial charge < -0.3 is 10.8 Å². The zero-order chi connectivity index (χ0) is 12.3. The molecule has 0 aromatic rings. The van der Waals surface area contributed by atoms with Gasteiger partial charge in [0.1, 0.15) is 0 Å². The largest absolute Gasteiger partial charge is 0.313 e. The van der Waals surface area contributed by atoms with Crippen LogP contribution >= 0.6 is 0 Å². The van der Waals surface area contributed by atoms with E-state index in [1.807, 2.05) is 0 Å². The second kappa shape index (κ2) is 9.56. The minimum atomic E-state index is 0.311. The summed E-state index contributed by atoms with van der Waals surface area (Å²) in [6.07, 6.45) is 13.4. The van der Waals surface area contributed by atoms with Crippen LogP contribution in [-0.2, 0) is 0 Å². The summed E-state index contributed by atoms with van der Waals surface area (Å²) in [7, 11) is 0. The van der Waals surface area contributed by atoms with Crippen LogP contribution in [0.1, 0.15) is 71.6 Å². The van der Waals surface area contributed by atoms with Crippen molar-refractivity contribution in [2.24, 2.45) is 5.41 Å². The smallest absolute Gasteiger partial charge is 0.00422 e. The van der Waals surface area contributed by atoms with Crippen LogP contribution in [0.25, 0.3) is 0 Å². The third-order valence-corrected chi connectivity index (χ3v) is 3.48. The standard InChI is InChI=1S/C14H28N2/c1-3-5-8-14(11-13-16,9-6-4-2)10-7-12-15/h12-13,15-16H,3-11H2,1-2H3. The van der Waals surface area contributed by atoms with Crippen LogP contribution in [-0.4, -0.2) is 12.4 Å². The highest BCUT2D eigenvalue weighted by Crippen LogP contribution is 2.38. The van der Waals surface area contributed by atoms with Crippen LogP contribution in [0.2, 0.25) is 0 Å². The Balaban J connectivity index is 4.43. The lowest BCUT2D eigenvalue weighted by atomic mass is 9.72. The van der Waals surface area contributed by atoms with Crippen LogP contribution in [0.15, 0.2) is 0 Å². The van der Waals surface area contributed by atoms with Crippen molar-refractivity contribution in [1.29, 1.82) is 10.8 Å². The van der Waals surface area contributed by atoms with Crippen molar-refractivity contribution in [3.63, 3.8) is 0 Å². The van der Waals surface area contributed by atoms with Gasteiger partial charge in [0.05, 0.1) is 0 Å². The average molecular weight is 224 g/mol. The molecule has 2 heteroatoms. The van der Waals surface area contributed by atoms with Crippen LogP contribution in [0.5, 0.6) is 0 Å². The summed E-state index contributed by atoms with van der Waals surface area (Å²) in [6, 6.07) is 0. The van der Waals surface area contributed by atoms with Gasteiger partial charge in [0, 0.05) is 0 Å². The molecular weight excluding hydrogens is 196 g/mol. The molecule has 0 aromatic heterocycles. The molecule has 0 atom stereocenters. The van der Waals surface area contributed by atoms with E-state index < -0.39 is 0 Å². The van der Waals surface area contributed by atoms with Crippen LogP contribution in [0.4, 0.5) is 0 Å². The van der Waals surface area contributed by atoms with E-state index >= 15 is 0 Å². The maximum Gasteiger partial charge on any atom is -0.00422 e. The molecule has 0 unspecified atom stereocenters. The predicted molar refractivity (Wildman–Crippen MR) is 72.9 cm³/mol. The number of hydrogen-bond donors (Lipinski definition) is 2. The molecule has 0 saturated heterocycles. The molecule has 0 amide bonds. The highest BCUT2D eigenvalue weighted by molar-refractivity contribution is 5.55. The highest BCUT2D eigenvalue weighted by Gasteiger charge is 2.26. The fraction of sp³-hybridized carbons (Fsp3) is 0.857. The zero-order valence-corrected chi connectivity index (χ0v) is 11.0. The zero-order valence-electron chi connectivity index (χ0n) is 11.0. The van der Waals surface area contributed by atoms with Crippen molar-refractivity contribution in [1.82, 2.24) is 0 Å². The van der Waals surface area contributed by atoms with Crippen molar-refractivity contribution in [2.75, 3.05) is 0 Å². The molecule has 0 aliphatic rings. The van der Waals surface area contributed by atoms with Gasteiger partial charge in [-0.05, 0) is 49.9 Å². The van der Waals surface area contributed by atoms with Gasteiger partial charge in [0.25, 0.3) is 0 Å². The van der Waals surface area contributed by atoms with Gasteiger partial charge in [-0.1, -0.05) is 39.5 Å². The Hall–Kier alpha value is -0.660. The molecule has 0 aliphatic carbocycles. The summed E-state index contributed by atoms with van der Waals surface area (Å²) in [5.41, 5.74) is 0.311. The molecule has 0 radical (unpaired) electrons. The van der Waals surface area contributed by atoms with E-state index in [4.69, 9.17) is 10.8 Å².